The summed E-state index contributed by atoms with van der Waals surface area (Å²) in [5.74, 6) is 6.98. The quantitative estimate of drug-likeness (QED) is 0.654. The first-order chi connectivity index (χ1) is 9.87. The van der Waals surface area contributed by atoms with E-state index in [4.69, 9.17) is 10.6 Å². The summed E-state index contributed by atoms with van der Waals surface area (Å²) in [5, 5.41) is 0. The van der Waals surface area contributed by atoms with E-state index >= 15 is 0 Å². The molecule has 1 heterocycles. The van der Waals surface area contributed by atoms with Gasteiger partial charge < -0.3 is 4.74 Å². The highest BCUT2D eigenvalue weighted by atomic mass is 16.5. The molecule has 1 unspecified atom stereocenters. The molecule has 0 saturated heterocycles. The average molecular weight is 272 g/mol. The first kappa shape index (κ1) is 13.7. The molecule has 0 aromatic heterocycles. The highest BCUT2D eigenvalue weighted by molar-refractivity contribution is 5.32. The second kappa shape index (κ2) is 5.98. The predicted octanol–water partition coefficient (Wildman–Crippen LogP) is 3.02. The van der Waals surface area contributed by atoms with Gasteiger partial charge in [-0.2, -0.15) is 0 Å². The molecule has 3 N–H and O–H groups in total. The van der Waals surface area contributed by atoms with Crippen LogP contribution in [0.2, 0.25) is 0 Å². The lowest BCUT2D eigenvalue weighted by Crippen LogP contribution is -2.53. The Morgan fingerprint density at radius 3 is 2.45 bits per heavy atom. The van der Waals surface area contributed by atoms with Gasteiger partial charge in [-0.25, -0.2) is 5.43 Å². The second-order valence-corrected chi connectivity index (χ2v) is 5.93. The monoisotopic (exact) mass is 272 g/mol. The van der Waals surface area contributed by atoms with Crippen LogP contribution < -0.4 is 11.3 Å². The molecule has 0 spiro atoms. The van der Waals surface area contributed by atoms with Crippen LogP contribution in [0.5, 0.6) is 0 Å². The zero-order valence-electron chi connectivity index (χ0n) is 12.0. The minimum Gasteiger partial charge on any atom is -0.496 e. The zero-order valence-corrected chi connectivity index (χ0v) is 12.0. The average Bonchev–Trinajstić information content (AvgIpc) is 3.04. The fourth-order valence-corrected chi connectivity index (χ4v) is 3.85. The largest absolute Gasteiger partial charge is 0.496 e. The SMILES string of the molecule is NNC(C1=CCCO1)C1(c2ccccc2)CCCCC1. The van der Waals surface area contributed by atoms with E-state index in [-0.39, 0.29) is 11.5 Å². The predicted molar refractivity (Wildman–Crippen MR) is 81.0 cm³/mol. The van der Waals surface area contributed by atoms with Gasteiger partial charge in [0.1, 0.15) is 5.76 Å². The second-order valence-electron chi connectivity index (χ2n) is 5.93. The first-order valence-corrected chi connectivity index (χ1v) is 7.71. The van der Waals surface area contributed by atoms with Gasteiger partial charge in [-0.3, -0.25) is 5.84 Å². The van der Waals surface area contributed by atoms with E-state index in [0.29, 0.717) is 0 Å². The molecule has 1 aromatic carbocycles. The van der Waals surface area contributed by atoms with Crippen LogP contribution in [0.25, 0.3) is 0 Å². The maximum atomic E-state index is 5.94. The Balaban J connectivity index is 2.00. The van der Waals surface area contributed by atoms with Gasteiger partial charge in [0.25, 0.3) is 0 Å². The van der Waals surface area contributed by atoms with Crippen molar-refractivity contribution >= 4 is 0 Å². The number of hydrogen-bond acceptors (Lipinski definition) is 3. The Hall–Kier alpha value is -1.32. The lowest BCUT2D eigenvalue weighted by atomic mass is 9.64. The first-order valence-electron chi connectivity index (χ1n) is 7.71. The van der Waals surface area contributed by atoms with Gasteiger partial charge in [0.05, 0.1) is 12.6 Å². The van der Waals surface area contributed by atoms with Crippen LogP contribution in [-0.4, -0.2) is 12.6 Å². The van der Waals surface area contributed by atoms with Crippen molar-refractivity contribution in [3.63, 3.8) is 0 Å². The van der Waals surface area contributed by atoms with Gasteiger partial charge in [0.2, 0.25) is 0 Å². The van der Waals surface area contributed by atoms with Crippen molar-refractivity contribution in [2.75, 3.05) is 6.61 Å². The highest BCUT2D eigenvalue weighted by Gasteiger charge is 2.43. The van der Waals surface area contributed by atoms with Crippen molar-refractivity contribution in [3.8, 4) is 0 Å². The molecule has 3 rings (SSSR count). The zero-order chi connectivity index (χ0) is 13.8. The fourth-order valence-electron chi connectivity index (χ4n) is 3.85. The van der Waals surface area contributed by atoms with E-state index < -0.39 is 0 Å². The summed E-state index contributed by atoms with van der Waals surface area (Å²) < 4.78 is 5.82. The summed E-state index contributed by atoms with van der Waals surface area (Å²) in [6.45, 7) is 0.790. The summed E-state index contributed by atoms with van der Waals surface area (Å²) in [7, 11) is 0. The van der Waals surface area contributed by atoms with Crippen LogP contribution in [0.3, 0.4) is 0 Å². The van der Waals surface area contributed by atoms with Gasteiger partial charge in [0.15, 0.2) is 0 Å². The molecule has 2 aliphatic rings. The van der Waals surface area contributed by atoms with Crippen molar-refractivity contribution < 1.29 is 4.74 Å². The Morgan fingerprint density at radius 1 is 1.10 bits per heavy atom. The van der Waals surface area contributed by atoms with Crippen molar-refractivity contribution in [2.45, 2.75) is 50.0 Å². The van der Waals surface area contributed by atoms with Crippen LogP contribution >= 0.6 is 0 Å². The van der Waals surface area contributed by atoms with Crippen LogP contribution in [0.1, 0.15) is 44.1 Å². The molecule has 3 heteroatoms. The van der Waals surface area contributed by atoms with Crippen LogP contribution in [0.15, 0.2) is 42.2 Å². The van der Waals surface area contributed by atoms with Crippen molar-refractivity contribution in [1.29, 1.82) is 0 Å². The Labute approximate surface area is 121 Å². The third-order valence-electron chi connectivity index (χ3n) is 4.83. The third kappa shape index (κ3) is 2.36. The number of rotatable bonds is 4. The van der Waals surface area contributed by atoms with E-state index in [1.54, 1.807) is 0 Å². The van der Waals surface area contributed by atoms with E-state index in [1.165, 1.54) is 37.7 Å². The Bertz CT molecular complexity index is 463. The number of nitrogens with two attached hydrogens (primary N) is 1. The normalized spacial score (nSPS) is 22.9. The molecule has 1 aliphatic carbocycles. The summed E-state index contributed by atoms with van der Waals surface area (Å²) in [6, 6.07) is 10.9. The van der Waals surface area contributed by atoms with Gasteiger partial charge in [0, 0.05) is 11.8 Å². The molecular formula is C17H24N2O. The van der Waals surface area contributed by atoms with E-state index in [0.717, 1.165) is 18.8 Å². The molecule has 1 saturated carbocycles. The fraction of sp³-hybridized carbons (Fsp3) is 0.529. The van der Waals surface area contributed by atoms with Crippen LogP contribution in [0.4, 0.5) is 0 Å². The maximum Gasteiger partial charge on any atom is 0.111 e. The number of benzene rings is 1. The van der Waals surface area contributed by atoms with Gasteiger partial charge >= 0.3 is 0 Å². The van der Waals surface area contributed by atoms with Gasteiger partial charge in [-0.15, -0.1) is 0 Å². The van der Waals surface area contributed by atoms with Crippen molar-refractivity contribution in [2.24, 2.45) is 5.84 Å². The van der Waals surface area contributed by atoms with E-state index in [1.807, 2.05) is 0 Å². The van der Waals surface area contributed by atoms with E-state index in [2.05, 4.69) is 41.8 Å². The number of nitrogens with one attached hydrogen (secondary N) is 1. The lowest BCUT2D eigenvalue weighted by Gasteiger charge is -2.44. The molecule has 1 fully saturated rings. The maximum absolute atomic E-state index is 5.94. The molecular weight excluding hydrogens is 248 g/mol. The molecule has 0 amide bonds. The minimum absolute atomic E-state index is 0.0738. The summed E-state index contributed by atoms with van der Waals surface area (Å²) in [5.41, 5.74) is 4.52. The van der Waals surface area contributed by atoms with E-state index in [9.17, 15) is 0 Å². The molecule has 1 atom stereocenters. The molecule has 20 heavy (non-hydrogen) atoms. The molecule has 3 nitrogen and oxygen atoms in total. The lowest BCUT2D eigenvalue weighted by molar-refractivity contribution is 0.152. The molecule has 0 radical (unpaired) electrons. The summed E-state index contributed by atoms with van der Waals surface area (Å²) >= 11 is 0. The standard InChI is InChI=1S/C17H24N2O/c18-19-16(15-10-7-13-20-15)17(11-5-2-6-12-17)14-8-3-1-4-9-14/h1,3-4,8-10,16,19H,2,5-7,11-13,18H2. The van der Waals surface area contributed by atoms with Crippen molar-refractivity contribution in [1.82, 2.24) is 5.43 Å². The van der Waals surface area contributed by atoms with Crippen molar-refractivity contribution in [3.05, 3.63) is 47.7 Å². The van der Waals surface area contributed by atoms with Crippen LogP contribution in [0, 0.1) is 0 Å². The summed E-state index contributed by atoms with van der Waals surface area (Å²) in [6.07, 6.45) is 9.40. The molecule has 0 bridgehead atoms. The Kier molecular flexibility index (Phi) is 4.08. The molecule has 108 valence electrons. The van der Waals surface area contributed by atoms with Crippen LogP contribution in [-0.2, 0) is 10.2 Å². The summed E-state index contributed by atoms with van der Waals surface area (Å²) in [4.78, 5) is 0. The molecule has 1 aromatic rings. The number of hydrazine groups is 1. The van der Waals surface area contributed by atoms with Gasteiger partial charge in [-0.05, 0) is 24.5 Å². The number of ether oxygens (including phenoxy) is 1. The topological polar surface area (TPSA) is 47.3 Å². The smallest absolute Gasteiger partial charge is 0.111 e. The van der Waals surface area contributed by atoms with Gasteiger partial charge in [-0.1, -0.05) is 49.6 Å². The highest BCUT2D eigenvalue weighted by Crippen LogP contribution is 2.44. The molecule has 1 aliphatic heterocycles. The minimum atomic E-state index is 0.0738. The Morgan fingerprint density at radius 2 is 1.85 bits per heavy atom. The third-order valence-corrected chi connectivity index (χ3v) is 4.83. The number of hydrogen-bond donors (Lipinski definition) is 2.